The van der Waals surface area contributed by atoms with E-state index in [-0.39, 0.29) is 23.5 Å². The van der Waals surface area contributed by atoms with Crippen molar-refractivity contribution < 1.29 is 14.3 Å². The molecule has 128 valence electrons. The van der Waals surface area contributed by atoms with Crippen LogP contribution in [0.25, 0.3) is 0 Å². The third-order valence-electron chi connectivity index (χ3n) is 4.98. The Hall–Kier alpha value is -2.40. The van der Waals surface area contributed by atoms with Crippen LogP contribution in [-0.2, 0) is 9.59 Å². The Morgan fingerprint density at radius 2 is 2.00 bits per heavy atom. The molecule has 4 rings (SSSR count). The first-order chi connectivity index (χ1) is 12.2. The Labute approximate surface area is 150 Å². The highest BCUT2D eigenvalue weighted by atomic mass is 32.1. The van der Waals surface area contributed by atoms with E-state index in [0.29, 0.717) is 19.3 Å². The molecule has 1 aromatic carbocycles. The smallest absolute Gasteiger partial charge is 0.225 e. The predicted molar refractivity (Wildman–Crippen MR) is 96.8 cm³/mol. The summed E-state index contributed by atoms with van der Waals surface area (Å²) in [5, 5.41) is 4.99. The van der Waals surface area contributed by atoms with Crippen LogP contribution in [0.2, 0.25) is 0 Å². The van der Waals surface area contributed by atoms with Gasteiger partial charge in [0.25, 0.3) is 0 Å². The Morgan fingerprint density at radius 3 is 2.76 bits per heavy atom. The maximum absolute atomic E-state index is 12.9. The Balaban J connectivity index is 1.73. The van der Waals surface area contributed by atoms with Crippen molar-refractivity contribution in [2.45, 2.75) is 31.1 Å². The molecule has 0 unspecified atom stereocenters. The van der Waals surface area contributed by atoms with Gasteiger partial charge in [0.2, 0.25) is 5.91 Å². The lowest BCUT2D eigenvalue weighted by Gasteiger charge is -2.34. The highest BCUT2D eigenvalue weighted by molar-refractivity contribution is 7.10. The van der Waals surface area contributed by atoms with Gasteiger partial charge in [-0.2, -0.15) is 0 Å². The standard InChI is InChI=1S/C20H19NO3S/c1-24-14-5-2-4-12(8-14)15-11-19(23)21-16-9-13(10-17(22)20(15)16)18-6-3-7-25-18/h2-8,13,15H,9-11H2,1H3,(H,21,23)/t13-,15-/m0/s1. The van der Waals surface area contributed by atoms with Gasteiger partial charge in [0.15, 0.2) is 5.78 Å². The van der Waals surface area contributed by atoms with Crippen LogP contribution in [0.3, 0.4) is 0 Å². The van der Waals surface area contributed by atoms with Crippen LogP contribution in [0.15, 0.2) is 53.0 Å². The van der Waals surface area contributed by atoms with Crippen LogP contribution in [0, 0.1) is 0 Å². The summed E-state index contributed by atoms with van der Waals surface area (Å²) >= 11 is 1.67. The van der Waals surface area contributed by atoms with Gasteiger partial charge >= 0.3 is 0 Å². The second-order valence-electron chi connectivity index (χ2n) is 6.52. The van der Waals surface area contributed by atoms with Gasteiger partial charge < -0.3 is 10.1 Å². The van der Waals surface area contributed by atoms with E-state index in [0.717, 1.165) is 22.6 Å². The fourth-order valence-corrected chi connectivity index (χ4v) is 4.66. The van der Waals surface area contributed by atoms with E-state index in [2.05, 4.69) is 11.4 Å². The molecule has 0 saturated carbocycles. The molecular formula is C20H19NO3S. The molecule has 0 fully saturated rings. The van der Waals surface area contributed by atoms with Crippen LogP contribution in [0.5, 0.6) is 5.75 Å². The van der Waals surface area contributed by atoms with Crippen molar-refractivity contribution in [3.05, 3.63) is 63.5 Å². The normalized spacial score (nSPS) is 23.2. The maximum Gasteiger partial charge on any atom is 0.225 e. The molecule has 0 spiro atoms. The number of rotatable bonds is 3. The number of hydrogen-bond donors (Lipinski definition) is 1. The number of ether oxygens (including phenoxy) is 1. The molecule has 2 atom stereocenters. The summed E-state index contributed by atoms with van der Waals surface area (Å²) in [5.74, 6) is 0.843. The van der Waals surface area contributed by atoms with E-state index in [1.807, 2.05) is 35.7 Å². The van der Waals surface area contributed by atoms with Crippen LogP contribution in [0.1, 0.15) is 41.5 Å². The van der Waals surface area contributed by atoms with Crippen molar-refractivity contribution in [2.24, 2.45) is 0 Å². The Bertz CT molecular complexity index is 854. The van der Waals surface area contributed by atoms with Crippen LogP contribution in [0.4, 0.5) is 0 Å². The van der Waals surface area contributed by atoms with Gasteiger partial charge in [-0.25, -0.2) is 0 Å². The summed E-state index contributed by atoms with van der Waals surface area (Å²) < 4.78 is 5.30. The first-order valence-corrected chi connectivity index (χ1v) is 9.27. The first kappa shape index (κ1) is 16.1. The largest absolute Gasteiger partial charge is 0.497 e. The fraction of sp³-hybridized carbons (Fsp3) is 0.300. The van der Waals surface area contributed by atoms with Gasteiger partial charge in [0, 0.05) is 40.8 Å². The molecule has 2 aliphatic rings. The molecule has 2 heterocycles. The molecule has 1 amide bonds. The van der Waals surface area contributed by atoms with E-state index in [4.69, 9.17) is 4.74 Å². The molecule has 1 N–H and O–H groups in total. The lowest BCUT2D eigenvalue weighted by atomic mass is 9.74. The summed E-state index contributed by atoms with van der Waals surface area (Å²) in [5.41, 5.74) is 2.55. The molecule has 2 aromatic rings. The minimum Gasteiger partial charge on any atom is -0.497 e. The third-order valence-corrected chi connectivity index (χ3v) is 6.01. The number of ketones is 1. The molecule has 5 heteroatoms. The number of allylic oxidation sites excluding steroid dienone is 2. The topological polar surface area (TPSA) is 55.4 Å². The van der Waals surface area contributed by atoms with Crippen LogP contribution in [-0.4, -0.2) is 18.8 Å². The minimum absolute atomic E-state index is 0.0220. The van der Waals surface area contributed by atoms with Crippen molar-refractivity contribution in [3.63, 3.8) is 0 Å². The van der Waals surface area contributed by atoms with Crippen molar-refractivity contribution in [3.8, 4) is 5.75 Å². The number of methoxy groups -OCH3 is 1. The quantitative estimate of drug-likeness (QED) is 0.914. The second kappa shape index (κ2) is 6.48. The predicted octanol–water partition coefficient (Wildman–Crippen LogP) is 3.76. The minimum atomic E-state index is -0.185. The van der Waals surface area contributed by atoms with Gasteiger partial charge in [-0.3, -0.25) is 9.59 Å². The summed E-state index contributed by atoms with van der Waals surface area (Å²) in [6, 6.07) is 11.7. The van der Waals surface area contributed by atoms with E-state index >= 15 is 0 Å². The number of amides is 1. The highest BCUT2D eigenvalue weighted by Gasteiger charge is 2.38. The van der Waals surface area contributed by atoms with Gasteiger partial charge in [0.05, 0.1) is 7.11 Å². The van der Waals surface area contributed by atoms with E-state index in [9.17, 15) is 9.59 Å². The highest BCUT2D eigenvalue weighted by Crippen LogP contribution is 2.43. The zero-order valence-electron chi connectivity index (χ0n) is 14.0. The molecule has 1 aliphatic carbocycles. The number of hydrogen-bond acceptors (Lipinski definition) is 4. The number of nitrogens with one attached hydrogen (secondary N) is 1. The average molecular weight is 353 g/mol. The van der Waals surface area contributed by atoms with Crippen LogP contribution < -0.4 is 10.1 Å². The Kier molecular flexibility index (Phi) is 4.17. The van der Waals surface area contributed by atoms with E-state index in [1.54, 1.807) is 18.4 Å². The van der Waals surface area contributed by atoms with Gasteiger partial charge in [-0.05, 0) is 35.6 Å². The molecule has 4 nitrogen and oxygen atoms in total. The first-order valence-electron chi connectivity index (χ1n) is 8.39. The van der Waals surface area contributed by atoms with Gasteiger partial charge in [0.1, 0.15) is 5.75 Å². The monoisotopic (exact) mass is 353 g/mol. The SMILES string of the molecule is COc1cccc([C@@H]2CC(=O)NC3=C2C(=O)C[C@@H](c2cccs2)C3)c1. The van der Waals surface area contributed by atoms with Gasteiger partial charge in [-0.1, -0.05) is 18.2 Å². The third kappa shape index (κ3) is 3.00. The summed E-state index contributed by atoms with van der Waals surface area (Å²) in [6.07, 6.45) is 1.53. The van der Waals surface area contributed by atoms with Crippen molar-refractivity contribution >= 4 is 23.0 Å². The molecular weight excluding hydrogens is 334 g/mol. The molecule has 0 saturated heterocycles. The zero-order valence-corrected chi connectivity index (χ0v) is 14.8. The Morgan fingerprint density at radius 1 is 1.12 bits per heavy atom. The molecule has 0 bridgehead atoms. The maximum atomic E-state index is 12.9. The average Bonchev–Trinajstić information content (AvgIpc) is 3.15. The number of carbonyl (C=O) groups is 2. The van der Waals surface area contributed by atoms with Crippen molar-refractivity contribution in [1.29, 1.82) is 0 Å². The summed E-state index contributed by atoms with van der Waals surface area (Å²) in [6.45, 7) is 0. The van der Waals surface area contributed by atoms with E-state index < -0.39 is 0 Å². The van der Waals surface area contributed by atoms with Crippen LogP contribution >= 0.6 is 11.3 Å². The molecule has 0 radical (unpaired) electrons. The van der Waals surface area contributed by atoms with Crippen molar-refractivity contribution in [1.82, 2.24) is 5.32 Å². The zero-order chi connectivity index (χ0) is 17.4. The van der Waals surface area contributed by atoms with Gasteiger partial charge in [-0.15, -0.1) is 11.3 Å². The van der Waals surface area contributed by atoms with Crippen molar-refractivity contribution in [2.75, 3.05) is 7.11 Å². The second-order valence-corrected chi connectivity index (χ2v) is 7.50. The fourth-order valence-electron chi connectivity index (χ4n) is 3.83. The number of benzene rings is 1. The van der Waals surface area contributed by atoms with E-state index in [1.165, 1.54) is 4.88 Å². The summed E-state index contributed by atoms with van der Waals surface area (Å²) in [7, 11) is 1.62. The lowest BCUT2D eigenvalue weighted by Crippen LogP contribution is -2.38. The molecule has 1 aromatic heterocycles. The molecule has 25 heavy (non-hydrogen) atoms. The number of Topliss-reactive ketones (excluding diaryl/α,β-unsaturated/α-hetero) is 1. The number of carbonyl (C=O) groups excluding carboxylic acids is 2. The number of thiophene rings is 1. The molecule has 1 aliphatic heterocycles. The summed E-state index contributed by atoms with van der Waals surface area (Å²) in [4.78, 5) is 26.4. The lowest BCUT2D eigenvalue weighted by molar-refractivity contribution is -0.122.